The van der Waals surface area contributed by atoms with Crippen LogP contribution in [0.25, 0.3) is 0 Å². The van der Waals surface area contributed by atoms with Crippen molar-refractivity contribution >= 4 is 27.3 Å². The Balaban J connectivity index is 2.48. The van der Waals surface area contributed by atoms with Gasteiger partial charge in [0.1, 0.15) is 11.5 Å². The summed E-state index contributed by atoms with van der Waals surface area (Å²) >= 11 is 5.96. The van der Waals surface area contributed by atoms with Crippen LogP contribution in [-0.2, 0) is 10.0 Å². The zero-order chi connectivity index (χ0) is 17.9. The van der Waals surface area contributed by atoms with E-state index in [1.54, 1.807) is 25.1 Å². The topological polar surface area (TPSA) is 64.6 Å². The highest BCUT2D eigenvalue weighted by atomic mass is 35.5. The minimum Gasteiger partial charge on any atom is -0.495 e. The lowest BCUT2D eigenvalue weighted by molar-refractivity contribution is 0.337. The minimum atomic E-state index is -3.82. The summed E-state index contributed by atoms with van der Waals surface area (Å²) < 4.78 is 38.8. The number of ether oxygens (including phenoxy) is 2. The fourth-order valence-corrected chi connectivity index (χ4v) is 3.85. The largest absolute Gasteiger partial charge is 0.495 e. The highest BCUT2D eigenvalue weighted by molar-refractivity contribution is 7.92. The molecule has 0 bridgehead atoms. The molecule has 2 rings (SSSR count). The van der Waals surface area contributed by atoms with Gasteiger partial charge in [-0.2, -0.15) is 0 Å². The predicted octanol–water partition coefficient (Wildman–Crippen LogP) is 4.16. The average molecular weight is 370 g/mol. The van der Waals surface area contributed by atoms with Crippen LogP contribution < -0.4 is 14.2 Å². The van der Waals surface area contributed by atoms with Gasteiger partial charge >= 0.3 is 0 Å². The van der Waals surface area contributed by atoms with E-state index in [4.69, 9.17) is 21.1 Å². The summed E-state index contributed by atoms with van der Waals surface area (Å²) in [5.74, 6) is 0.930. The van der Waals surface area contributed by atoms with Crippen molar-refractivity contribution in [2.45, 2.75) is 25.7 Å². The van der Waals surface area contributed by atoms with Crippen molar-refractivity contribution in [2.75, 3.05) is 18.4 Å². The van der Waals surface area contributed by atoms with Crippen LogP contribution in [0.3, 0.4) is 0 Å². The van der Waals surface area contributed by atoms with Crippen molar-refractivity contribution in [1.82, 2.24) is 0 Å². The maximum Gasteiger partial charge on any atom is 0.262 e. The molecule has 5 nitrogen and oxygen atoms in total. The van der Waals surface area contributed by atoms with E-state index in [0.717, 1.165) is 5.56 Å². The third-order valence-corrected chi connectivity index (χ3v) is 5.21. The van der Waals surface area contributed by atoms with E-state index in [1.807, 2.05) is 13.8 Å². The summed E-state index contributed by atoms with van der Waals surface area (Å²) in [4.78, 5) is 0.151. The van der Waals surface area contributed by atoms with Crippen molar-refractivity contribution in [2.24, 2.45) is 0 Å². The molecule has 0 heterocycles. The molecule has 0 atom stereocenters. The molecule has 0 aliphatic heterocycles. The van der Waals surface area contributed by atoms with E-state index in [0.29, 0.717) is 28.7 Å². The van der Waals surface area contributed by atoms with Gasteiger partial charge in [-0.05, 0) is 50.1 Å². The summed E-state index contributed by atoms with van der Waals surface area (Å²) in [7, 11) is -2.36. The van der Waals surface area contributed by atoms with E-state index in [2.05, 4.69) is 4.72 Å². The zero-order valence-corrected chi connectivity index (χ0v) is 15.6. The van der Waals surface area contributed by atoms with Gasteiger partial charge in [-0.3, -0.25) is 4.72 Å². The number of anilines is 1. The van der Waals surface area contributed by atoms with Crippen molar-refractivity contribution in [3.8, 4) is 11.5 Å². The molecule has 0 aliphatic carbocycles. The highest BCUT2D eigenvalue weighted by Gasteiger charge is 2.21. The van der Waals surface area contributed by atoms with E-state index in [-0.39, 0.29) is 10.6 Å². The molecule has 0 aliphatic rings. The van der Waals surface area contributed by atoms with Crippen molar-refractivity contribution in [3.05, 3.63) is 46.5 Å². The van der Waals surface area contributed by atoms with Crippen LogP contribution in [0.1, 0.15) is 18.1 Å². The molecule has 2 aromatic rings. The van der Waals surface area contributed by atoms with Crippen LogP contribution >= 0.6 is 11.6 Å². The first-order valence-corrected chi connectivity index (χ1v) is 9.25. The molecule has 0 saturated heterocycles. The van der Waals surface area contributed by atoms with Gasteiger partial charge in [0.05, 0.1) is 24.3 Å². The molecule has 2 aromatic carbocycles. The normalized spacial score (nSPS) is 11.2. The molecule has 0 unspecified atom stereocenters. The Bertz CT molecular complexity index is 850. The number of hydrogen-bond acceptors (Lipinski definition) is 4. The van der Waals surface area contributed by atoms with Crippen LogP contribution in [0.15, 0.2) is 35.2 Å². The highest BCUT2D eigenvalue weighted by Crippen LogP contribution is 2.32. The monoisotopic (exact) mass is 369 g/mol. The quantitative estimate of drug-likeness (QED) is 0.830. The van der Waals surface area contributed by atoms with Gasteiger partial charge in [0.25, 0.3) is 10.0 Å². The third kappa shape index (κ3) is 3.94. The lowest BCUT2D eigenvalue weighted by Crippen LogP contribution is -2.15. The summed E-state index contributed by atoms with van der Waals surface area (Å²) in [6.45, 7) is 5.93. The van der Waals surface area contributed by atoms with Gasteiger partial charge in [-0.1, -0.05) is 17.7 Å². The Morgan fingerprint density at radius 1 is 1.08 bits per heavy atom. The molecule has 130 valence electrons. The number of rotatable bonds is 6. The van der Waals surface area contributed by atoms with Crippen molar-refractivity contribution in [1.29, 1.82) is 0 Å². The van der Waals surface area contributed by atoms with E-state index >= 15 is 0 Å². The van der Waals surface area contributed by atoms with Gasteiger partial charge in [0.2, 0.25) is 0 Å². The molecule has 7 heteroatoms. The van der Waals surface area contributed by atoms with E-state index < -0.39 is 10.0 Å². The molecule has 24 heavy (non-hydrogen) atoms. The number of methoxy groups -OCH3 is 1. The smallest absolute Gasteiger partial charge is 0.262 e. The predicted molar refractivity (Wildman–Crippen MR) is 95.9 cm³/mol. The molecule has 0 amide bonds. The number of nitrogens with one attached hydrogen (secondary N) is 1. The maximum atomic E-state index is 12.8. The van der Waals surface area contributed by atoms with Crippen LogP contribution in [0.5, 0.6) is 11.5 Å². The number of sulfonamides is 1. The van der Waals surface area contributed by atoms with Gasteiger partial charge in [0, 0.05) is 11.1 Å². The lowest BCUT2D eigenvalue weighted by Gasteiger charge is -2.16. The van der Waals surface area contributed by atoms with Gasteiger partial charge in [0.15, 0.2) is 0 Å². The molecule has 0 aromatic heterocycles. The number of aryl methyl sites for hydroxylation is 2. The Morgan fingerprint density at radius 2 is 1.79 bits per heavy atom. The maximum absolute atomic E-state index is 12.8. The van der Waals surface area contributed by atoms with Crippen molar-refractivity contribution < 1.29 is 17.9 Å². The molecule has 0 spiro atoms. The fourth-order valence-electron chi connectivity index (χ4n) is 2.37. The molecule has 0 saturated carbocycles. The standard InChI is InChI=1S/C17H20ClNO4S/c1-5-23-16-10-17(12(3)8-11(16)2)24(20,21)19-14-9-13(18)6-7-15(14)22-4/h6-10,19H,5H2,1-4H3. The molecule has 0 fully saturated rings. The van der Waals surface area contributed by atoms with Crippen LogP contribution in [0, 0.1) is 13.8 Å². The molecular formula is C17H20ClNO4S. The van der Waals surface area contributed by atoms with E-state index in [9.17, 15) is 8.42 Å². The van der Waals surface area contributed by atoms with Crippen LogP contribution in [0.4, 0.5) is 5.69 Å². The van der Waals surface area contributed by atoms with Gasteiger partial charge < -0.3 is 9.47 Å². The lowest BCUT2D eigenvalue weighted by atomic mass is 10.1. The first-order chi connectivity index (χ1) is 11.3. The second-order valence-corrected chi connectivity index (χ2v) is 7.35. The number of benzene rings is 2. The summed E-state index contributed by atoms with van der Waals surface area (Å²) in [5, 5.41) is 0.407. The third-order valence-electron chi connectivity index (χ3n) is 3.47. The van der Waals surface area contributed by atoms with Crippen LogP contribution in [0.2, 0.25) is 5.02 Å². The molecule has 1 N–H and O–H groups in total. The zero-order valence-electron chi connectivity index (χ0n) is 14.0. The van der Waals surface area contributed by atoms with Gasteiger partial charge in [-0.15, -0.1) is 0 Å². The SMILES string of the molecule is CCOc1cc(S(=O)(=O)Nc2cc(Cl)ccc2OC)c(C)cc1C. The first-order valence-electron chi connectivity index (χ1n) is 7.39. The van der Waals surface area contributed by atoms with Crippen molar-refractivity contribution in [3.63, 3.8) is 0 Å². The average Bonchev–Trinajstić information content (AvgIpc) is 2.49. The molecular weight excluding hydrogens is 350 g/mol. The summed E-state index contributed by atoms with van der Waals surface area (Å²) in [5.41, 5.74) is 1.79. The number of hydrogen-bond donors (Lipinski definition) is 1. The Labute approximate surface area is 147 Å². The summed E-state index contributed by atoms with van der Waals surface area (Å²) in [6, 6.07) is 8.06. The van der Waals surface area contributed by atoms with E-state index in [1.165, 1.54) is 19.2 Å². The fraction of sp³-hybridized carbons (Fsp3) is 0.294. The summed E-state index contributed by atoms with van der Waals surface area (Å²) in [6.07, 6.45) is 0. The second kappa shape index (κ2) is 7.32. The minimum absolute atomic E-state index is 0.151. The first kappa shape index (κ1) is 18.4. The molecule has 0 radical (unpaired) electrons. The Hall–Kier alpha value is -1.92. The Kier molecular flexibility index (Phi) is 5.62. The van der Waals surface area contributed by atoms with Crippen LogP contribution in [-0.4, -0.2) is 22.1 Å². The Morgan fingerprint density at radius 3 is 2.42 bits per heavy atom. The number of halogens is 1. The van der Waals surface area contributed by atoms with Gasteiger partial charge in [-0.25, -0.2) is 8.42 Å². The second-order valence-electron chi connectivity index (χ2n) is 5.27.